The second-order valence-electron chi connectivity index (χ2n) is 8.39. The maximum absolute atomic E-state index is 12.9. The van der Waals surface area contributed by atoms with E-state index in [0.717, 1.165) is 24.4 Å². The molecule has 1 aliphatic heterocycles. The van der Waals surface area contributed by atoms with E-state index in [9.17, 15) is 4.79 Å². The smallest absolute Gasteiger partial charge is 0.287 e. The molecule has 1 amide bonds. The summed E-state index contributed by atoms with van der Waals surface area (Å²) in [6.07, 6.45) is 11.6. The van der Waals surface area contributed by atoms with E-state index in [1.807, 2.05) is 36.4 Å². The van der Waals surface area contributed by atoms with E-state index in [1.165, 1.54) is 51.4 Å². The van der Waals surface area contributed by atoms with Crippen LogP contribution in [0, 0.1) is 0 Å². The van der Waals surface area contributed by atoms with Crippen LogP contribution in [0.25, 0.3) is 0 Å². The fourth-order valence-corrected chi connectivity index (χ4v) is 4.83. The highest BCUT2D eigenvalue weighted by atomic mass is 16.5. The van der Waals surface area contributed by atoms with Crippen LogP contribution in [0.4, 0.5) is 0 Å². The number of ether oxygens (including phenoxy) is 1. The van der Waals surface area contributed by atoms with E-state index in [0.29, 0.717) is 18.9 Å². The fraction of sp³-hybridized carbons (Fsp3) is 0.542. The predicted molar refractivity (Wildman–Crippen MR) is 113 cm³/mol. The molecule has 1 N–H and O–H groups in total. The number of furan rings is 1. The standard InChI is InChI=1S/C24H32N2O3/c27-23(22-20(12-17-28-22)18-29-21-10-4-1-5-11-21)25-19-24(13-6-2-7-14-24)26-15-8-3-9-16-26/h1,4-5,10-12,17H,2-3,6-9,13-16,18-19H2,(H,25,27). The molecule has 0 spiro atoms. The first-order chi connectivity index (χ1) is 14.3. The Morgan fingerprint density at radius 3 is 2.48 bits per heavy atom. The average molecular weight is 397 g/mol. The van der Waals surface area contributed by atoms with Gasteiger partial charge in [0.1, 0.15) is 12.4 Å². The predicted octanol–water partition coefficient (Wildman–Crippen LogP) is 4.78. The van der Waals surface area contributed by atoms with Gasteiger partial charge in [0, 0.05) is 17.6 Å². The number of hydrogen-bond donors (Lipinski definition) is 1. The molecule has 2 aliphatic rings. The number of hydrogen-bond acceptors (Lipinski definition) is 4. The minimum atomic E-state index is -0.136. The summed E-state index contributed by atoms with van der Waals surface area (Å²) >= 11 is 0. The van der Waals surface area contributed by atoms with Gasteiger partial charge in [-0.05, 0) is 57.0 Å². The van der Waals surface area contributed by atoms with Crippen LogP contribution in [0.15, 0.2) is 47.1 Å². The molecule has 5 heteroatoms. The number of para-hydroxylation sites is 1. The average Bonchev–Trinajstić information content (AvgIpc) is 3.27. The summed E-state index contributed by atoms with van der Waals surface area (Å²) in [5.41, 5.74) is 0.892. The van der Waals surface area contributed by atoms with Gasteiger partial charge in [0.25, 0.3) is 5.91 Å². The molecule has 2 fully saturated rings. The van der Waals surface area contributed by atoms with Crippen molar-refractivity contribution in [2.75, 3.05) is 19.6 Å². The number of rotatable bonds is 7. The van der Waals surface area contributed by atoms with Crippen LogP contribution in [-0.4, -0.2) is 36.0 Å². The lowest BCUT2D eigenvalue weighted by atomic mass is 9.79. The Morgan fingerprint density at radius 2 is 1.72 bits per heavy atom. The first-order valence-corrected chi connectivity index (χ1v) is 11.0. The van der Waals surface area contributed by atoms with Gasteiger partial charge >= 0.3 is 0 Å². The second kappa shape index (κ2) is 9.49. The van der Waals surface area contributed by atoms with Crippen molar-refractivity contribution in [3.05, 3.63) is 54.0 Å². The number of carbonyl (C=O) groups is 1. The number of likely N-dealkylation sites (tertiary alicyclic amines) is 1. The fourth-order valence-electron chi connectivity index (χ4n) is 4.83. The van der Waals surface area contributed by atoms with Crippen molar-refractivity contribution >= 4 is 5.91 Å². The minimum absolute atomic E-state index is 0.113. The van der Waals surface area contributed by atoms with Crippen molar-refractivity contribution in [2.45, 2.75) is 63.5 Å². The summed E-state index contributed by atoms with van der Waals surface area (Å²) in [7, 11) is 0. The zero-order valence-corrected chi connectivity index (χ0v) is 17.2. The van der Waals surface area contributed by atoms with Gasteiger partial charge in [0.15, 0.2) is 5.76 Å². The molecule has 1 saturated carbocycles. The molecule has 1 aromatic carbocycles. The van der Waals surface area contributed by atoms with Crippen LogP contribution in [-0.2, 0) is 6.61 Å². The van der Waals surface area contributed by atoms with Gasteiger partial charge in [-0.3, -0.25) is 9.69 Å². The lowest BCUT2D eigenvalue weighted by Gasteiger charge is -2.48. The molecule has 0 bridgehead atoms. The molecule has 1 saturated heterocycles. The van der Waals surface area contributed by atoms with Gasteiger partial charge in [-0.15, -0.1) is 0 Å². The molecule has 2 aromatic rings. The van der Waals surface area contributed by atoms with Crippen molar-refractivity contribution in [1.29, 1.82) is 0 Å². The summed E-state index contributed by atoms with van der Waals surface area (Å²) in [6.45, 7) is 3.34. The highest BCUT2D eigenvalue weighted by Gasteiger charge is 2.38. The summed E-state index contributed by atoms with van der Waals surface area (Å²) < 4.78 is 11.3. The molecule has 4 rings (SSSR count). The van der Waals surface area contributed by atoms with Crippen molar-refractivity contribution in [1.82, 2.24) is 10.2 Å². The SMILES string of the molecule is O=C(NCC1(N2CCCCC2)CCCCC1)c1occc1COc1ccccc1. The third-order valence-electron chi connectivity index (χ3n) is 6.48. The van der Waals surface area contributed by atoms with E-state index in [-0.39, 0.29) is 11.4 Å². The van der Waals surface area contributed by atoms with Gasteiger partial charge in [-0.2, -0.15) is 0 Å². The van der Waals surface area contributed by atoms with Crippen molar-refractivity contribution in [3.63, 3.8) is 0 Å². The van der Waals surface area contributed by atoms with Crippen molar-refractivity contribution < 1.29 is 13.9 Å². The maximum atomic E-state index is 12.9. The first-order valence-electron chi connectivity index (χ1n) is 11.0. The summed E-state index contributed by atoms with van der Waals surface area (Å²) in [5.74, 6) is 1.01. The molecule has 5 nitrogen and oxygen atoms in total. The van der Waals surface area contributed by atoms with E-state index in [2.05, 4.69) is 10.2 Å². The highest BCUT2D eigenvalue weighted by Crippen LogP contribution is 2.35. The normalized spacial score (nSPS) is 19.6. The third kappa shape index (κ3) is 4.84. The third-order valence-corrected chi connectivity index (χ3v) is 6.48. The van der Waals surface area contributed by atoms with Crippen LogP contribution in [0.5, 0.6) is 5.75 Å². The molecule has 0 radical (unpaired) electrons. The molecule has 1 aromatic heterocycles. The highest BCUT2D eigenvalue weighted by molar-refractivity contribution is 5.92. The molecule has 0 unspecified atom stereocenters. The van der Waals surface area contributed by atoms with Gasteiger partial charge < -0.3 is 14.5 Å². The number of nitrogens with zero attached hydrogens (tertiary/aromatic N) is 1. The molecular weight excluding hydrogens is 364 g/mol. The minimum Gasteiger partial charge on any atom is -0.489 e. The molecule has 2 heterocycles. The lowest BCUT2D eigenvalue weighted by molar-refractivity contribution is 0.0323. The summed E-state index contributed by atoms with van der Waals surface area (Å²) in [6, 6.07) is 11.5. The van der Waals surface area contributed by atoms with Crippen LogP contribution in [0.2, 0.25) is 0 Å². The molecule has 1 aliphatic carbocycles. The zero-order valence-electron chi connectivity index (χ0n) is 17.2. The molecule has 0 atom stereocenters. The maximum Gasteiger partial charge on any atom is 0.287 e. The van der Waals surface area contributed by atoms with Crippen LogP contribution in [0.3, 0.4) is 0 Å². The topological polar surface area (TPSA) is 54.7 Å². The van der Waals surface area contributed by atoms with Crippen LogP contribution >= 0.6 is 0 Å². The number of piperidine rings is 1. The summed E-state index contributed by atoms with van der Waals surface area (Å²) in [5, 5.41) is 3.20. The Kier molecular flexibility index (Phi) is 6.55. The monoisotopic (exact) mass is 396 g/mol. The number of amides is 1. The van der Waals surface area contributed by atoms with Crippen molar-refractivity contribution in [2.24, 2.45) is 0 Å². The Labute approximate surface area is 173 Å². The van der Waals surface area contributed by atoms with E-state index >= 15 is 0 Å². The number of nitrogens with one attached hydrogen (secondary N) is 1. The van der Waals surface area contributed by atoms with Gasteiger partial charge in [-0.1, -0.05) is 43.9 Å². The van der Waals surface area contributed by atoms with E-state index < -0.39 is 0 Å². The quantitative estimate of drug-likeness (QED) is 0.732. The van der Waals surface area contributed by atoms with E-state index in [4.69, 9.17) is 9.15 Å². The molecule has 156 valence electrons. The first kappa shape index (κ1) is 20.0. The largest absolute Gasteiger partial charge is 0.489 e. The Morgan fingerprint density at radius 1 is 1.00 bits per heavy atom. The Bertz CT molecular complexity index is 774. The molecular formula is C24H32N2O3. The molecule has 29 heavy (non-hydrogen) atoms. The lowest BCUT2D eigenvalue weighted by Crippen LogP contribution is -2.58. The van der Waals surface area contributed by atoms with E-state index in [1.54, 1.807) is 6.26 Å². The number of carbonyl (C=O) groups excluding carboxylic acids is 1. The van der Waals surface area contributed by atoms with Crippen LogP contribution < -0.4 is 10.1 Å². The Hall–Kier alpha value is -2.27. The van der Waals surface area contributed by atoms with Crippen molar-refractivity contribution in [3.8, 4) is 5.75 Å². The Balaban J connectivity index is 1.39. The zero-order chi connectivity index (χ0) is 19.9. The van der Waals surface area contributed by atoms with Gasteiger partial charge in [-0.25, -0.2) is 0 Å². The second-order valence-corrected chi connectivity index (χ2v) is 8.39. The van der Waals surface area contributed by atoms with Gasteiger partial charge in [0.2, 0.25) is 0 Å². The van der Waals surface area contributed by atoms with Crippen LogP contribution in [0.1, 0.15) is 67.5 Å². The number of benzene rings is 1. The van der Waals surface area contributed by atoms with Gasteiger partial charge in [0.05, 0.1) is 6.26 Å². The summed E-state index contributed by atoms with van der Waals surface area (Å²) in [4.78, 5) is 15.6.